The van der Waals surface area contributed by atoms with Crippen molar-refractivity contribution in [3.63, 3.8) is 0 Å². The first-order chi connectivity index (χ1) is 14.9. The highest BCUT2D eigenvalue weighted by Crippen LogP contribution is 2.27. The Bertz CT molecular complexity index is 1310. The van der Waals surface area contributed by atoms with Crippen LogP contribution in [-0.4, -0.2) is 20.7 Å². The quantitative estimate of drug-likeness (QED) is 0.315. The summed E-state index contributed by atoms with van der Waals surface area (Å²) in [5, 5.41) is 4.97. The number of para-hydroxylation sites is 1. The minimum Gasteiger partial charge on any atom is -0.350 e. The summed E-state index contributed by atoms with van der Waals surface area (Å²) in [6.45, 7) is 2.19. The molecule has 9 heteroatoms. The zero-order chi connectivity index (χ0) is 22.0. The molecule has 4 rings (SSSR count). The summed E-state index contributed by atoms with van der Waals surface area (Å²) >= 11 is 8.67. The highest BCUT2D eigenvalue weighted by atomic mass is 35.5. The first-order valence-corrected chi connectivity index (χ1v) is 11.5. The Morgan fingerprint density at radius 2 is 2.06 bits per heavy atom. The van der Waals surface area contributed by atoms with E-state index in [9.17, 15) is 14.0 Å². The second-order valence-corrected chi connectivity index (χ2v) is 9.46. The van der Waals surface area contributed by atoms with Gasteiger partial charge in [-0.25, -0.2) is 9.37 Å². The number of nitrogens with zero attached hydrogens (tertiary/aromatic N) is 2. The first kappa shape index (κ1) is 21.5. The van der Waals surface area contributed by atoms with Crippen molar-refractivity contribution in [1.82, 2.24) is 14.9 Å². The van der Waals surface area contributed by atoms with Crippen LogP contribution in [0.5, 0.6) is 0 Å². The van der Waals surface area contributed by atoms with Crippen LogP contribution in [0.4, 0.5) is 4.39 Å². The number of fused-ring (bicyclic) bond motifs is 1. The van der Waals surface area contributed by atoms with Gasteiger partial charge in [-0.1, -0.05) is 41.6 Å². The molecule has 2 aromatic heterocycles. The maximum absolute atomic E-state index is 13.7. The molecule has 1 N–H and O–H groups in total. The Morgan fingerprint density at radius 1 is 1.26 bits per heavy atom. The number of hydrogen-bond donors (Lipinski definition) is 1. The lowest BCUT2D eigenvalue weighted by molar-refractivity contribution is -0.120. The normalized spacial score (nSPS) is 12.1. The Hall–Kier alpha value is -2.68. The summed E-state index contributed by atoms with van der Waals surface area (Å²) in [4.78, 5) is 31.5. The number of aromatic nitrogens is 2. The molecule has 0 saturated carbocycles. The van der Waals surface area contributed by atoms with Crippen molar-refractivity contribution in [2.45, 2.75) is 23.9 Å². The van der Waals surface area contributed by atoms with Crippen LogP contribution in [0.25, 0.3) is 16.6 Å². The Labute approximate surface area is 190 Å². The molecule has 0 aliphatic rings. The molecule has 2 heterocycles. The zero-order valence-corrected chi connectivity index (χ0v) is 18.7. The van der Waals surface area contributed by atoms with Crippen molar-refractivity contribution in [2.75, 3.05) is 0 Å². The van der Waals surface area contributed by atoms with E-state index in [4.69, 9.17) is 11.6 Å². The number of hydrogen-bond acceptors (Lipinski definition) is 5. The molecule has 0 aliphatic heterocycles. The van der Waals surface area contributed by atoms with Gasteiger partial charge in [0.2, 0.25) is 5.91 Å². The number of benzene rings is 2. The molecule has 0 spiro atoms. The molecule has 0 bridgehead atoms. The maximum atomic E-state index is 13.7. The highest BCUT2D eigenvalue weighted by molar-refractivity contribution is 8.00. The topological polar surface area (TPSA) is 64.0 Å². The molecule has 4 aromatic rings. The minimum atomic E-state index is -0.581. The third-order valence-corrected chi connectivity index (χ3v) is 6.79. The van der Waals surface area contributed by atoms with E-state index in [1.807, 2.05) is 17.5 Å². The van der Waals surface area contributed by atoms with Crippen LogP contribution in [0, 0.1) is 5.82 Å². The van der Waals surface area contributed by atoms with Crippen molar-refractivity contribution in [3.8, 4) is 5.69 Å². The van der Waals surface area contributed by atoms with Crippen LogP contribution in [0.1, 0.15) is 11.8 Å². The van der Waals surface area contributed by atoms with Crippen LogP contribution in [-0.2, 0) is 11.3 Å². The lowest BCUT2D eigenvalue weighted by atomic mass is 10.2. The molecule has 2 aromatic carbocycles. The summed E-state index contributed by atoms with van der Waals surface area (Å²) < 4.78 is 15.1. The number of thioether (sulfide) groups is 1. The summed E-state index contributed by atoms with van der Waals surface area (Å²) in [6.07, 6.45) is 0. The molecular weight excluding hydrogens is 457 g/mol. The molecule has 0 radical (unpaired) electrons. The molecule has 1 unspecified atom stereocenters. The summed E-state index contributed by atoms with van der Waals surface area (Å²) in [6, 6.07) is 14.9. The van der Waals surface area contributed by atoms with E-state index in [2.05, 4.69) is 10.3 Å². The minimum absolute atomic E-state index is 0.102. The second-order valence-electron chi connectivity index (χ2n) is 6.71. The molecule has 0 aliphatic carbocycles. The average Bonchev–Trinajstić information content (AvgIpc) is 3.28. The predicted octanol–water partition coefficient (Wildman–Crippen LogP) is 5.04. The van der Waals surface area contributed by atoms with Crippen LogP contribution in [0.15, 0.2) is 69.9 Å². The van der Waals surface area contributed by atoms with Gasteiger partial charge in [0.05, 0.1) is 33.4 Å². The van der Waals surface area contributed by atoms with E-state index >= 15 is 0 Å². The van der Waals surface area contributed by atoms with Gasteiger partial charge in [0.1, 0.15) is 5.82 Å². The number of halogens is 2. The van der Waals surface area contributed by atoms with Gasteiger partial charge in [0.25, 0.3) is 5.56 Å². The van der Waals surface area contributed by atoms with Gasteiger partial charge in [-0.3, -0.25) is 14.2 Å². The van der Waals surface area contributed by atoms with E-state index in [1.165, 1.54) is 22.8 Å². The molecular formula is C22H17ClFN3O2S2. The van der Waals surface area contributed by atoms with E-state index in [-0.39, 0.29) is 16.5 Å². The molecule has 0 saturated heterocycles. The fraction of sp³-hybridized carbons (Fsp3) is 0.136. The van der Waals surface area contributed by atoms with Gasteiger partial charge < -0.3 is 5.32 Å². The number of carbonyl (C=O) groups is 1. The van der Waals surface area contributed by atoms with Gasteiger partial charge in [-0.2, -0.15) is 0 Å². The SMILES string of the molecule is CC(Sc1nc2ccccc2c(=O)n1-c1ccc(F)c(Cl)c1)C(=O)NCc1cccs1. The van der Waals surface area contributed by atoms with Crippen LogP contribution in [0.3, 0.4) is 0 Å². The number of nitrogens with one attached hydrogen (secondary N) is 1. The van der Waals surface area contributed by atoms with Gasteiger partial charge in [-0.05, 0) is 48.7 Å². The van der Waals surface area contributed by atoms with Crippen LogP contribution >= 0.6 is 34.7 Å². The monoisotopic (exact) mass is 473 g/mol. The average molecular weight is 474 g/mol. The third-order valence-electron chi connectivity index (χ3n) is 4.57. The van der Waals surface area contributed by atoms with Crippen molar-refractivity contribution < 1.29 is 9.18 Å². The van der Waals surface area contributed by atoms with E-state index in [1.54, 1.807) is 42.5 Å². The molecule has 31 heavy (non-hydrogen) atoms. The van der Waals surface area contributed by atoms with Gasteiger partial charge in [-0.15, -0.1) is 11.3 Å². The fourth-order valence-electron chi connectivity index (χ4n) is 2.99. The van der Waals surface area contributed by atoms with Gasteiger partial charge >= 0.3 is 0 Å². The molecule has 5 nitrogen and oxygen atoms in total. The van der Waals surface area contributed by atoms with Gasteiger partial charge in [0, 0.05) is 4.88 Å². The molecule has 1 atom stereocenters. The summed E-state index contributed by atoms with van der Waals surface area (Å²) in [5.74, 6) is -0.757. The first-order valence-electron chi connectivity index (χ1n) is 9.38. The predicted molar refractivity (Wildman–Crippen MR) is 124 cm³/mol. The van der Waals surface area contributed by atoms with Crippen LogP contribution in [0.2, 0.25) is 5.02 Å². The number of rotatable bonds is 6. The van der Waals surface area contributed by atoms with E-state index in [0.717, 1.165) is 16.6 Å². The lowest BCUT2D eigenvalue weighted by Crippen LogP contribution is -2.31. The highest BCUT2D eigenvalue weighted by Gasteiger charge is 2.20. The maximum Gasteiger partial charge on any atom is 0.266 e. The van der Waals surface area contributed by atoms with Crippen molar-refractivity contribution in [3.05, 3.63) is 86.0 Å². The van der Waals surface area contributed by atoms with Crippen LogP contribution < -0.4 is 10.9 Å². The van der Waals surface area contributed by atoms with E-state index in [0.29, 0.717) is 28.3 Å². The number of amides is 1. The van der Waals surface area contributed by atoms with Gasteiger partial charge in [0.15, 0.2) is 5.16 Å². The summed E-state index contributed by atoms with van der Waals surface area (Å²) in [7, 11) is 0. The third kappa shape index (κ3) is 4.66. The van der Waals surface area contributed by atoms with Crippen molar-refractivity contribution in [1.29, 1.82) is 0 Å². The Kier molecular flexibility index (Phi) is 6.41. The fourth-order valence-corrected chi connectivity index (χ4v) is 4.76. The summed E-state index contributed by atoms with van der Waals surface area (Å²) in [5.41, 5.74) is 0.580. The Morgan fingerprint density at radius 3 is 2.81 bits per heavy atom. The second kappa shape index (κ2) is 9.21. The molecule has 158 valence electrons. The Balaban J connectivity index is 1.70. The molecule has 0 fully saturated rings. The number of thiophene rings is 1. The van der Waals surface area contributed by atoms with E-state index < -0.39 is 11.1 Å². The van der Waals surface area contributed by atoms with Crippen molar-refractivity contribution in [2.24, 2.45) is 0 Å². The lowest BCUT2D eigenvalue weighted by Gasteiger charge is -2.16. The smallest absolute Gasteiger partial charge is 0.266 e. The number of carbonyl (C=O) groups excluding carboxylic acids is 1. The standard InChI is InChI=1S/C22H17ClFN3O2S2/c1-13(20(28)25-12-15-5-4-10-30-15)31-22-26-19-7-3-2-6-16(19)21(29)27(22)14-8-9-18(24)17(23)11-14/h2-11,13H,12H2,1H3,(H,25,28). The largest absolute Gasteiger partial charge is 0.350 e. The molecule has 1 amide bonds. The van der Waals surface area contributed by atoms with Crippen molar-refractivity contribution >= 4 is 51.5 Å². The zero-order valence-electron chi connectivity index (χ0n) is 16.3.